The summed E-state index contributed by atoms with van der Waals surface area (Å²) in [7, 11) is 0. The van der Waals surface area contributed by atoms with E-state index in [9.17, 15) is 78.8 Å². The standard InChI is InChI=1S/C63H79N11O18S.Na/c1-35-33-74-55(56(35)81)61(86)65-31-44(76)29-46(66-57(82)40-10-12-41(13-11-40)71-23-25-72(26-24-71)43-16-14-42(15-17-43)70-21-19-39(20-22-70)38-7-5-4-6-8-38)58(83)67-52(36(2)75)62(87)73-34-45(77)30-47(73)59(84)68-53(60(85)69-54(63(74)88)50(80)32-64-3)49(79)27-37-9-18-48(78)51(28-37)93(90)92-91-89;/h4-18,28,35-36,39,44-47,49-50,52-56,75-81,89H,19-27,29-34H2,1-2H3,(H,65,86)(H,66,82)(H,67,83)(H,68,84)(H,69,85);/q;+1/p-1/t35?,36?,44-,45?,46-,47?,49+,50+,52?,53?,54-,55?,56-,93?;/m0./s1. The molecule has 0 spiro atoms. The van der Waals surface area contributed by atoms with Gasteiger partial charge in [-0.15, -0.1) is 4.33 Å². The zero-order chi connectivity index (χ0) is 66.8. The third-order valence-electron chi connectivity index (χ3n) is 17.9. The van der Waals surface area contributed by atoms with Gasteiger partial charge in [0.15, 0.2) is 6.10 Å². The molecular formula is C63H78N11NaO18S. The molecule has 29 nitrogen and oxygen atoms in total. The van der Waals surface area contributed by atoms with E-state index in [-0.39, 0.29) is 47.2 Å². The summed E-state index contributed by atoms with van der Waals surface area (Å²) in [6.45, 7) is 12.3. The second kappa shape index (κ2) is 32.9. The number of rotatable bonds is 15. The van der Waals surface area contributed by atoms with E-state index < -0.39 is 181 Å². The number of aliphatic hydroxyl groups excluding tert-OH is 6. The van der Waals surface area contributed by atoms with Crippen LogP contribution in [-0.2, 0) is 55.6 Å². The predicted molar refractivity (Wildman–Crippen MR) is 331 cm³/mol. The summed E-state index contributed by atoms with van der Waals surface area (Å²) >= 11 is -2.73. The summed E-state index contributed by atoms with van der Waals surface area (Å²) in [6, 6.07) is 17.5. The summed E-state index contributed by atoms with van der Waals surface area (Å²) < 4.78 is 16.6. The summed E-state index contributed by atoms with van der Waals surface area (Å²) in [5.41, 5.74) is 4.56. The van der Waals surface area contributed by atoms with Crippen molar-refractivity contribution < 1.29 is 118 Å². The Kier molecular flexibility index (Phi) is 25.3. The van der Waals surface area contributed by atoms with Crippen LogP contribution in [0.15, 0.2) is 102 Å². The number of piperidine rings is 1. The molecule has 0 bridgehead atoms. The number of β-amino-alcohol motifs (C(OH)–C–C–N with tert-alkyl or cyclic N) is 1. The van der Waals surface area contributed by atoms with Crippen LogP contribution >= 0.6 is 0 Å². The maximum Gasteiger partial charge on any atom is 1.00 e. The number of phenols is 1. The Morgan fingerprint density at radius 1 is 0.713 bits per heavy atom. The fourth-order valence-electron chi connectivity index (χ4n) is 12.7. The zero-order valence-electron chi connectivity index (χ0n) is 52.1. The van der Waals surface area contributed by atoms with Gasteiger partial charge in [-0.05, 0) is 97.5 Å². The minimum absolute atomic E-state index is 0. The molecule has 5 saturated heterocycles. The van der Waals surface area contributed by atoms with Gasteiger partial charge in [0.1, 0.15) is 46.9 Å². The molecule has 500 valence electrons. The molecule has 12 N–H and O–H groups in total. The van der Waals surface area contributed by atoms with Crippen LogP contribution in [0.3, 0.4) is 0 Å². The number of hydrogen-bond acceptors (Lipinski definition) is 21. The van der Waals surface area contributed by atoms with Gasteiger partial charge in [0, 0.05) is 107 Å². The van der Waals surface area contributed by atoms with Crippen LogP contribution in [0.1, 0.15) is 66.9 Å². The number of hydrogen-bond donors (Lipinski definition) is 12. The molecule has 0 radical (unpaired) electrons. The Morgan fingerprint density at radius 2 is 1.29 bits per heavy atom. The predicted octanol–water partition coefficient (Wildman–Crippen LogP) is -5.78. The number of aliphatic hydroxyl groups is 6. The van der Waals surface area contributed by atoms with Crippen LogP contribution in [0, 0.1) is 12.5 Å². The van der Waals surface area contributed by atoms with E-state index in [1.54, 1.807) is 24.3 Å². The van der Waals surface area contributed by atoms with Gasteiger partial charge in [0.05, 0.1) is 30.5 Å². The van der Waals surface area contributed by atoms with Crippen molar-refractivity contribution in [1.82, 2.24) is 36.4 Å². The fourth-order valence-corrected chi connectivity index (χ4v) is 13.3. The maximum absolute atomic E-state index is 14.6. The maximum atomic E-state index is 14.6. The molecule has 0 aromatic heterocycles. The molecule has 5 fully saturated rings. The van der Waals surface area contributed by atoms with E-state index in [1.807, 2.05) is 6.07 Å². The van der Waals surface area contributed by atoms with Gasteiger partial charge >= 0.3 is 29.6 Å². The van der Waals surface area contributed by atoms with Crippen molar-refractivity contribution in [2.45, 2.75) is 130 Å². The Labute approximate surface area is 567 Å². The second-order valence-electron chi connectivity index (χ2n) is 24.2. The SMILES string of the molecule is [C-]#[N+]C[C@@H](O)[C@@H]1NC(=O)C([C@H](O)Cc2ccc(O)c(S(=O)OO[O-])c2)NC(=O)C2CC(O)CN2C(=O)C(C(C)O)NC(=O)[C@@H](NC(=O)c2ccc(N3CCN(c4ccc(N5CCC(c6ccccc6)CC5)cc4)CC3)cc2)C[C@H](O)CNC(=O)C2[C@@H](O)C(C)CN2C1=O.[Na+]. The molecule has 7 amide bonds. The van der Waals surface area contributed by atoms with Gasteiger partial charge in [0.2, 0.25) is 53.1 Å². The van der Waals surface area contributed by atoms with Crippen molar-refractivity contribution in [2.24, 2.45) is 5.92 Å². The summed E-state index contributed by atoms with van der Waals surface area (Å²) in [6.07, 6.45) is -10.3. The van der Waals surface area contributed by atoms with E-state index in [0.29, 0.717) is 19.0 Å². The van der Waals surface area contributed by atoms with Crippen LogP contribution in [0.4, 0.5) is 17.1 Å². The van der Waals surface area contributed by atoms with Gasteiger partial charge in [0.25, 0.3) is 5.91 Å². The zero-order valence-corrected chi connectivity index (χ0v) is 55.0. The second-order valence-corrected chi connectivity index (χ2v) is 25.3. The number of nitrogens with zero attached hydrogens (tertiary/aromatic N) is 6. The monoisotopic (exact) mass is 1330 g/mol. The van der Waals surface area contributed by atoms with Crippen LogP contribution in [0.5, 0.6) is 5.75 Å². The van der Waals surface area contributed by atoms with Gasteiger partial charge in [-0.1, -0.05) is 43.3 Å². The van der Waals surface area contributed by atoms with Gasteiger partial charge in [-0.25, -0.2) is 10.8 Å². The van der Waals surface area contributed by atoms with Gasteiger partial charge < -0.3 is 96.9 Å². The van der Waals surface area contributed by atoms with E-state index in [4.69, 9.17) is 6.57 Å². The van der Waals surface area contributed by atoms with Crippen molar-refractivity contribution in [2.75, 3.05) is 80.1 Å². The number of piperazine rings is 1. The molecule has 0 saturated carbocycles. The largest absolute Gasteiger partial charge is 1.00 e. The average molecular weight is 1330 g/mol. The molecule has 31 heteroatoms. The number of aromatic hydroxyl groups is 1. The molecule has 0 aliphatic carbocycles. The van der Waals surface area contributed by atoms with E-state index in [0.717, 1.165) is 79.3 Å². The molecule has 8 unspecified atom stereocenters. The molecule has 5 heterocycles. The molecular weight excluding hydrogens is 1250 g/mol. The number of fused-ring (bicyclic) bond motifs is 2. The number of carbonyl (C=O) groups is 7. The summed E-state index contributed by atoms with van der Waals surface area (Å²) in [5, 5.41) is 104. The first-order valence-corrected chi connectivity index (χ1v) is 31.8. The fraction of sp³-hybridized carbons (Fsp3) is 0.492. The molecule has 4 aromatic carbocycles. The quantitative estimate of drug-likeness (QED) is 0.0228. The minimum atomic E-state index is -2.73. The van der Waals surface area contributed by atoms with E-state index >= 15 is 0 Å². The van der Waals surface area contributed by atoms with Crippen LogP contribution in [0.25, 0.3) is 4.85 Å². The molecule has 4 aromatic rings. The topological polar surface area (TPSA) is 400 Å². The molecule has 94 heavy (non-hydrogen) atoms. The number of carbonyl (C=O) groups excluding carboxylic acids is 7. The third-order valence-corrected chi connectivity index (χ3v) is 18.7. The van der Waals surface area contributed by atoms with Crippen molar-refractivity contribution >= 4 is 69.5 Å². The van der Waals surface area contributed by atoms with Gasteiger partial charge in [-0.2, -0.15) is 0 Å². The Hall–Kier alpha value is -7.35. The first kappa shape index (κ1) is 72.5. The van der Waals surface area contributed by atoms with Crippen molar-refractivity contribution in [3.8, 4) is 5.75 Å². The number of nitrogens with one attached hydrogen (secondary N) is 5. The average Bonchev–Trinajstić information content (AvgIpc) is 1.60. The molecule has 9 rings (SSSR count). The van der Waals surface area contributed by atoms with E-state index in [1.165, 1.54) is 24.2 Å². The summed E-state index contributed by atoms with van der Waals surface area (Å²) in [4.78, 5) is 112. The number of anilines is 3. The van der Waals surface area contributed by atoms with Crippen molar-refractivity contribution in [1.29, 1.82) is 0 Å². The molecule has 5 aliphatic rings. The number of benzene rings is 4. The summed E-state index contributed by atoms with van der Waals surface area (Å²) in [5.74, 6) is -9.00. The Bertz CT molecular complexity index is 3380. The van der Waals surface area contributed by atoms with E-state index in [2.05, 4.69) is 104 Å². The normalized spacial score (nSPS) is 26.8. The first-order valence-electron chi connectivity index (χ1n) is 30.8. The molecule has 5 aliphatic heterocycles. The molecule has 14 atom stereocenters. The Balaban J connectivity index is 0.0000113. The van der Waals surface area contributed by atoms with Crippen LogP contribution in [0.2, 0.25) is 0 Å². The van der Waals surface area contributed by atoms with Crippen molar-refractivity contribution in [3.63, 3.8) is 0 Å². The van der Waals surface area contributed by atoms with Crippen molar-refractivity contribution in [3.05, 3.63) is 125 Å². The smallest absolute Gasteiger partial charge is 0.691 e. The number of phenolic OH excluding ortho intramolecular Hbond substituents is 1. The number of amides is 7. The Morgan fingerprint density at radius 3 is 1.88 bits per heavy atom. The minimum Gasteiger partial charge on any atom is -0.691 e. The third kappa shape index (κ3) is 17.4. The van der Waals surface area contributed by atoms with Gasteiger partial charge in [-0.3, -0.25) is 38.6 Å². The van der Waals surface area contributed by atoms with Crippen LogP contribution < -0.4 is 76.1 Å². The first-order chi connectivity index (χ1) is 44.5. The van der Waals surface area contributed by atoms with Crippen LogP contribution in [-0.4, -0.2) is 229 Å².